The third-order valence-electron chi connectivity index (χ3n) is 4.95. The number of nitrogens with zero attached hydrogens (tertiary/aromatic N) is 1. The second-order valence-corrected chi connectivity index (χ2v) is 7.33. The van der Waals surface area contributed by atoms with Crippen molar-refractivity contribution in [2.45, 2.75) is 32.5 Å². The maximum Gasteiger partial charge on any atom is 0.237 e. The number of amides is 2. The van der Waals surface area contributed by atoms with Crippen molar-refractivity contribution in [1.29, 1.82) is 0 Å². The Morgan fingerprint density at radius 1 is 1.29 bits per heavy atom. The van der Waals surface area contributed by atoms with Gasteiger partial charge in [-0.05, 0) is 35.7 Å². The number of hydrogen-bond acceptors (Lipinski definition) is 3. The molecule has 3 rings (SSSR count). The van der Waals surface area contributed by atoms with Gasteiger partial charge in [-0.15, -0.1) is 0 Å². The smallest absolute Gasteiger partial charge is 0.237 e. The quantitative estimate of drug-likeness (QED) is 0.779. The summed E-state index contributed by atoms with van der Waals surface area (Å²) in [5, 5.41) is 6.01. The van der Waals surface area contributed by atoms with Gasteiger partial charge in [0.25, 0.3) is 0 Å². The van der Waals surface area contributed by atoms with Gasteiger partial charge in [0.15, 0.2) is 0 Å². The fraction of sp³-hybridized carbons (Fsp3) is 0.333. The van der Waals surface area contributed by atoms with Gasteiger partial charge in [0.1, 0.15) is 5.82 Å². The highest BCUT2D eigenvalue weighted by atomic mass is 35.5. The van der Waals surface area contributed by atoms with Crippen LogP contribution in [0.25, 0.3) is 0 Å². The first-order valence-electron chi connectivity index (χ1n) is 9.21. The summed E-state index contributed by atoms with van der Waals surface area (Å²) in [6.07, 6.45) is 0.0521. The molecule has 1 atom stereocenters. The third kappa shape index (κ3) is 5.09. The lowest BCUT2D eigenvalue weighted by Gasteiger charge is -2.34. The van der Waals surface area contributed by atoms with Gasteiger partial charge in [-0.25, -0.2) is 4.39 Å². The van der Waals surface area contributed by atoms with Crippen LogP contribution >= 0.6 is 11.6 Å². The summed E-state index contributed by atoms with van der Waals surface area (Å²) >= 11 is 6.12. The fourth-order valence-corrected chi connectivity index (χ4v) is 3.52. The number of nitrogens with one attached hydrogen (secondary N) is 2. The van der Waals surface area contributed by atoms with Gasteiger partial charge in [0, 0.05) is 31.2 Å². The monoisotopic (exact) mass is 403 g/mol. The van der Waals surface area contributed by atoms with Crippen LogP contribution in [0.5, 0.6) is 0 Å². The van der Waals surface area contributed by atoms with E-state index in [-0.39, 0.29) is 18.2 Å². The zero-order chi connectivity index (χ0) is 20.1. The van der Waals surface area contributed by atoms with Gasteiger partial charge < -0.3 is 10.6 Å². The normalized spacial score (nSPS) is 17.2. The number of aryl methyl sites for hydroxylation is 1. The van der Waals surface area contributed by atoms with Crippen LogP contribution in [0.1, 0.15) is 23.1 Å². The molecule has 1 saturated heterocycles. The molecule has 0 saturated carbocycles. The minimum Gasteiger partial charge on any atom is -0.353 e. The molecule has 0 aliphatic carbocycles. The van der Waals surface area contributed by atoms with Crippen LogP contribution in [-0.2, 0) is 22.7 Å². The van der Waals surface area contributed by atoms with E-state index in [0.717, 1.165) is 16.7 Å². The fourth-order valence-electron chi connectivity index (χ4n) is 3.29. The van der Waals surface area contributed by atoms with Crippen molar-refractivity contribution in [3.8, 4) is 0 Å². The molecule has 148 valence electrons. The summed E-state index contributed by atoms with van der Waals surface area (Å²) in [5.41, 5.74) is 2.87. The van der Waals surface area contributed by atoms with Crippen molar-refractivity contribution in [3.05, 3.63) is 70.0 Å². The number of carbonyl (C=O) groups is 2. The average Bonchev–Trinajstić information content (AvgIpc) is 2.66. The molecule has 0 unspecified atom stereocenters. The van der Waals surface area contributed by atoms with E-state index in [2.05, 4.69) is 10.6 Å². The van der Waals surface area contributed by atoms with Crippen molar-refractivity contribution >= 4 is 23.4 Å². The molecule has 1 aliphatic rings. The molecule has 0 aromatic heterocycles. The van der Waals surface area contributed by atoms with E-state index in [1.807, 2.05) is 36.1 Å². The molecule has 2 amide bonds. The minimum atomic E-state index is -0.591. The summed E-state index contributed by atoms with van der Waals surface area (Å²) in [6.45, 7) is 3.88. The lowest BCUT2D eigenvalue weighted by molar-refractivity contribution is -0.134. The Labute approximate surface area is 168 Å². The first kappa shape index (κ1) is 20.3. The average molecular weight is 404 g/mol. The number of hydrogen-bond donors (Lipinski definition) is 2. The summed E-state index contributed by atoms with van der Waals surface area (Å²) in [6, 6.07) is 11.4. The Balaban J connectivity index is 1.64. The summed E-state index contributed by atoms with van der Waals surface area (Å²) < 4.78 is 13.3. The highest BCUT2D eigenvalue weighted by Crippen LogP contribution is 2.21. The molecular formula is C21H23ClFN3O2. The van der Waals surface area contributed by atoms with Crippen LogP contribution in [0.2, 0.25) is 5.02 Å². The molecule has 0 radical (unpaired) electrons. The van der Waals surface area contributed by atoms with Crippen LogP contribution < -0.4 is 10.6 Å². The van der Waals surface area contributed by atoms with Gasteiger partial charge in [-0.3, -0.25) is 14.5 Å². The van der Waals surface area contributed by atoms with E-state index in [1.165, 1.54) is 12.1 Å². The highest BCUT2D eigenvalue weighted by Gasteiger charge is 2.31. The zero-order valence-corrected chi connectivity index (χ0v) is 16.4. The molecule has 1 aliphatic heterocycles. The number of carbonyl (C=O) groups excluding carboxylic acids is 2. The van der Waals surface area contributed by atoms with Crippen LogP contribution in [0.15, 0.2) is 42.5 Å². The molecule has 2 N–H and O–H groups in total. The Bertz CT molecular complexity index is 874. The second kappa shape index (κ2) is 9.17. The number of halogens is 2. The summed E-state index contributed by atoms with van der Waals surface area (Å²) in [4.78, 5) is 26.7. The van der Waals surface area contributed by atoms with Crippen molar-refractivity contribution < 1.29 is 14.0 Å². The highest BCUT2D eigenvalue weighted by molar-refractivity contribution is 6.31. The number of piperazine rings is 1. The lowest BCUT2D eigenvalue weighted by atomic mass is 10.1. The molecule has 0 spiro atoms. The Morgan fingerprint density at radius 3 is 2.82 bits per heavy atom. The molecule has 2 aromatic carbocycles. The molecule has 28 heavy (non-hydrogen) atoms. The van der Waals surface area contributed by atoms with Gasteiger partial charge in [-0.1, -0.05) is 41.9 Å². The summed E-state index contributed by atoms with van der Waals surface area (Å²) in [5.74, 6) is -0.784. The van der Waals surface area contributed by atoms with Crippen molar-refractivity contribution in [1.82, 2.24) is 15.5 Å². The molecule has 1 fully saturated rings. The second-order valence-electron chi connectivity index (χ2n) is 6.92. The van der Waals surface area contributed by atoms with Crippen LogP contribution in [0.3, 0.4) is 0 Å². The van der Waals surface area contributed by atoms with Crippen LogP contribution in [0, 0.1) is 12.7 Å². The van der Waals surface area contributed by atoms with Gasteiger partial charge >= 0.3 is 0 Å². The molecule has 0 bridgehead atoms. The SMILES string of the molecule is Cc1ccccc1CNC(=O)C[C@@H]1C(=O)NCCN1Cc1ccc(F)cc1Cl. The minimum absolute atomic E-state index is 0.0521. The van der Waals surface area contributed by atoms with Crippen molar-refractivity contribution in [2.75, 3.05) is 13.1 Å². The predicted molar refractivity (Wildman–Crippen MR) is 106 cm³/mol. The van der Waals surface area contributed by atoms with E-state index in [9.17, 15) is 14.0 Å². The Kier molecular flexibility index (Phi) is 6.65. The first-order valence-corrected chi connectivity index (χ1v) is 9.58. The van der Waals surface area contributed by atoms with Gasteiger partial charge in [0.05, 0.1) is 12.5 Å². The Morgan fingerprint density at radius 2 is 2.07 bits per heavy atom. The van der Waals surface area contributed by atoms with Crippen LogP contribution in [-0.4, -0.2) is 35.8 Å². The largest absolute Gasteiger partial charge is 0.353 e. The lowest BCUT2D eigenvalue weighted by Crippen LogP contribution is -2.56. The molecule has 1 heterocycles. The zero-order valence-electron chi connectivity index (χ0n) is 15.7. The number of rotatable bonds is 6. The Hall–Kier alpha value is -2.44. The van der Waals surface area contributed by atoms with E-state index in [0.29, 0.717) is 31.2 Å². The summed E-state index contributed by atoms with van der Waals surface area (Å²) in [7, 11) is 0. The topological polar surface area (TPSA) is 61.4 Å². The molecular weight excluding hydrogens is 381 g/mol. The van der Waals surface area contributed by atoms with Gasteiger partial charge in [0.2, 0.25) is 11.8 Å². The van der Waals surface area contributed by atoms with Gasteiger partial charge in [-0.2, -0.15) is 0 Å². The third-order valence-corrected chi connectivity index (χ3v) is 5.30. The molecule has 5 nitrogen and oxygen atoms in total. The predicted octanol–water partition coefficient (Wildman–Crippen LogP) is 2.79. The molecule has 7 heteroatoms. The van der Waals surface area contributed by atoms with E-state index >= 15 is 0 Å². The maximum atomic E-state index is 13.3. The van der Waals surface area contributed by atoms with Crippen molar-refractivity contribution in [3.63, 3.8) is 0 Å². The molecule has 2 aromatic rings. The van der Waals surface area contributed by atoms with Crippen molar-refractivity contribution in [2.24, 2.45) is 0 Å². The van der Waals surface area contributed by atoms with E-state index < -0.39 is 11.9 Å². The van der Waals surface area contributed by atoms with Crippen LogP contribution in [0.4, 0.5) is 4.39 Å². The number of benzene rings is 2. The maximum absolute atomic E-state index is 13.3. The van der Waals surface area contributed by atoms with E-state index in [4.69, 9.17) is 11.6 Å². The standard InChI is InChI=1S/C21H23ClFN3O2/c1-14-4-2-3-5-15(14)12-25-20(27)11-19-21(28)24-8-9-26(19)13-16-6-7-17(23)10-18(16)22/h2-7,10,19H,8-9,11-13H2,1H3,(H,24,28)(H,25,27)/t19-/m1/s1. The van der Waals surface area contributed by atoms with E-state index in [1.54, 1.807) is 6.07 Å². The first-order chi connectivity index (χ1) is 13.4.